The molecule has 1 aromatic carbocycles. The van der Waals surface area contributed by atoms with Crippen molar-refractivity contribution in [1.29, 1.82) is 0 Å². The summed E-state index contributed by atoms with van der Waals surface area (Å²) in [5, 5.41) is 15.3. The van der Waals surface area contributed by atoms with Crippen LogP contribution in [0.1, 0.15) is 16.4 Å². The van der Waals surface area contributed by atoms with Crippen LogP contribution >= 0.6 is 15.9 Å². The van der Waals surface area contributed by atoms with E-state index in [1.807, 2.05) is 24.3 Å². The van der Waals surface area contributed by atoms with Crippen LogP contribution in [-0.4, -0.2) is 31.5 Å². The van der Waals surface area contributed by atoms with Gasteiger partial charge in [-0.25, -0.2) is 4.68 Å². The Kier molecular flexibility index (Phi) is 3.38. The molecule has 0 fully saturated rings. The number of benzene rings is 1. The highest BCUT2D eigenvalue weighted by molar-refractivity contribution is 9.10. The van der Waals surface area contributed by atoms with Gasteiger partial charge in [0, 0.05) is 10.0 Å². The Morgan fingerprint density at radius 1 is 1.20 bits per heavy atom. The van der Waals surface area contributed by atoms with Crippen molar-refractivity contribution < 1.29 is 9.21 Å². The molecule has 0 aliphatic heterocycles. The Labute approximate surface area is 121 Å². The van der Waals surface area contributed by atoms with Crippen LogP contribution < -0.4 is 0 Å². The number of carbonyl (C=O) groups is 1. The maximum Gasteiger partial charge on any atom is 0.247 e. The molecule has 8 heteroatoms. The zero-order chi connectivity index (χ0) is 13.9. The summed E-state index contributed by atoms with van der Waals surface area (Å²) in [5.74, 6) is 0.827. The Balaban J connectivity index is 1.79. The molecule has 0 radical (unpaired) electrons. The molecule has 0 amide bonds. The predicted octanol–water partition coefficient (Wildman–Crippen LogP) is 1.95. The van der Waals surface area contributed by atoms with Crippen LogP contribution in [0.15, 0.2) is 39.4 Å². The number of halogens is 1. The van der Waals surface area contributed by atoms with Crippen LogP contribution in [-0.2, 0) is 6.54 Å². The summed E-state index contributed by atoms with van der Waals surface area (Å²) in [6.07, 6.45) is 2.14. The number of hydrogen-bond donors (Lipinski definition) is 0. The number of aldehydes is 1. The SMILES string of the molecule is O=Cc1cn(Cc2nnc(-c3ccc(Br)cc3)o2)nn1. The largest absolute Gasteiger partial charge is 0.419 e. The summed E-state index contributed by atoms with van der Waals surface area (Å²) in [6.45, 7) is 0.268. The Bertz CT molecular complexity index is 734. The van der Waals surface area contributed by atoms with E-state index in [9.17, 15) is 4.79 Å². The average molecular weight is 334 g/mol. The third kappa shape index (κ3) is 2.64. The molecule has 2 heterocycles. The molecular formula is C12H8BrN5O2. The molecule has 20 heavy (non-hydrogen) atoms. The second-order valence-corrected chi connectivity index (χ2v) is 4.88. The maximum absolute atomic E-state index is 10.5. The van der Waals surface area contributed by atoms with Crippen LogP contribution in [0.25, 0.3) is 11.5 Å². The lowest BCUT2D eigenvalue weighted by molar-refractivity contribution is 0.111. The minimum Gasteiger partial charge on any atom is -0.419 e. The fourth-order valence-electron chi connectivity index (χ4n) is 1.61. The van der Waals surface area contributed by atoms with E-state index in [1.54, 1.807) is 0 Å². The molecule has 0 saturated carbocycles. The average Bonchev–Trinajstić information content (AvgIpc) is 3.09. The van der Waals surface area contributed by atoms with Crippen LogP contribution in [0.3, 0.4) is 0 Å². The fourth-order valence-corrected chi connectivity index (χ4v) is 1.87. The van der Waals surface area contributed by atoms with Gasteiger partial charge < -0.3 is 4.42 Å². The van der Waals surface area contributed by atoms with E-state index in [4.69, 9.17) is 4.42 Å². The lowest BCUT2D eigenvalue weighted by Gasteiger charge is -1.95. The topological polar surface area (TPSA) is 86.7 Å². The van der Waals surface area contributed by atoms with Crippen molar-refractivity contribution >= 4 is 22.2 Å². The first-order valence-corrected chi connectivity index (χ1v) is 6.47. The van der Waals surface area contributed by atoms with E-state index in [1.165, 1.54) is 10.9 Å². The standard InChI is InChI=1S/C12H8BrN5O2/c13-9-3-1-8(2-4-9)12-16-15-11(20-12)6-18-5-10(7-19)14-17-18/h1-5,7H,6H2. The summed E-state index contributed by atoms with van der Waals surface area (Å²) in [7, 11) is 0. The van der Waals surface area contributed by atoms with Gasteiger partial charge in [-0.15, -0.1) is 15.3 Å². The minimum absolute atomic E-state index is 0.262. The van der Waals surface area contributed by atoms with Gasteiger partial charge in [-0.05, 0) is 24.3 Å². The Hall–Kier alpha value is -2.35. The van der Waals surface area contributed by atoms with Gasteiger partial charge in [-0.2, -0.15) is 0 Å². The number of aromatic nitrogens is 5. The van der Waals surface area contributed by atoms with Crippen molar-refractivity contribution in [3.05, 3.63) is 46.5 Å². The third-order valence-corrected chi connectivity index (χ3v) is 3.06. The van der Waals surface area contributed by atoms with E-state index < -0.39 is 0 Å². The first-order valence-electron chi connectivity index (χ1n) is 5.68. The summed E-state index contributed by atoms with van der Waals surface area (Å²) in [4.78, 5) is 10.5. The first kappa shape index (κ1) is 12.7. The predicted molar refractivity (Wildman–Crippen MR) is 71.9 cm³/mol. The van der Waals surface area contributed by atoms with E-state index in [2.05, 4.69) is 36.4 Å². The van der Waals surface area contributed by atoms with Crippen LogP contribution in [0.2, 0.25) is 0 Å². The van der Waals surface area contributed by atoms with Gasteiger partial charge in [0.2, 0.25) is 11.8 Å². The fraction of sp³-hybridized carbons (Fsp3) is 0.0833. The number of hydrogen-bond acceptors (Lipinski definition) is 6. The van der Waals surface area contributed by atoms with Gasteiger partial charge >= 0.3 is 0 Å². The molecule has 3 aromatic rings. The zero-order valence-electron chi connectivity index (χ0n) is 10.1. The molecule has 0 aliphatic rings. The minimum atomic E-state index is 0.262. The lowest BCUT2D eigenvalue weighted by Crippen LogP contribution is -2.00. The molecule has 0 unspecified atom stereocenters. The van der Waals surface area contributed by atoms with E-state index in [0.29, 0.717) is 18.1 Å². The zero-order valence-corrected chi connectivity index (χ0v) is 11.7. The molecule has 0 spiro atoms. The second-order valence-electron chi connectivity index (χ2n) is 3.97. The molecule has 7 nitrogen and oxygen atoms in total. The van der Waals surface area contributed by atoms with Crippen molar-refractivity contribution in [2.24, 2.45) is 0 Å². The third-order valence-electron chi connectivity index (χ3n) is 2.53. The summed E-state index contributed by atoms with van der Waals surface area (Å²) in [6, 6.07) is 7.54. The lowest BCUT2D eigenvalue weighted by atomic mass is 10.2. The Morgan fingerprint density at radius 2 is 2.00 bits per heavy atom. The van der Waals surface area contributed by atoms with Crippen LogP contribution in [0.4, 0.5) is 0 Å². The molecule has 2 aromatic heterocycles. The summed E-state index contributed by atoms with van der Waals surface area (Å²) < 4.78 is 7.98. The maximum atomic E-state index is 10.5. The number of nitrogens with zero attached hydrogens (tertiary/aromatic N) is 5. The van der Waals surface area contributed by atoms with Gasteiger partial charge in [0.05, 0.1) is 6.20 Å². The van der Waals surface area contributed by atoms with E-state index in [-0.39, 0.29) is 12.2 Å². The van der Waals surface area contributed by atoms with Gasteiger partial charge in [-0.1, -0.05) is 21.1 Å². The van der Waals surface area contributed by atoms with Crippen molar-refractivity contribution in [3.8, 4) is 11.5 Å². The first-order chi connectivity index (χ1) is 9.74. The van der Waals surface area contributed by atoms with E-state index >= 15 is 0 Å². The van der Waals surface area contributed by atoms with E-state index in [0.717, 1.165) is 10.0 Å². The number of rotatable bonds is 4. The van der Waals surface area contributed by atoms with Crippen LogP contribution in [0, 0.1) is 0 Å². The second kappa shape index (κ2) is 5.33. The van der Waals surface area contributed by atoms with Gasteiger partial charge in [0.15, 0.2) is 6.29 Å². The molecule has 0 saturated heterocycles. The Morgan fingerprint density at radius 3 is 2.70 bits per heavy atom. The van der Waals surface area contributed by atoms with Crippen molar-refractivity contribution in [3.63, 3.8) is 0 Å². The summed E-state index contributed by atoms with van der Waals surface area (Å²) in [5.41, 5.74) is 1.09. The molecular weight excluding hydrogens is 326 g/mol. The smallest absolute Gasteiger partial charge is 0.247 e. The van der Waals surface area contributed by atoms with Gasteiger partial charge in [0.25, 0.3) is 0 Å². The monoisotopic (exact) mass is 333 g/mol. The summed E-state index contributed by atoms with van der Waals surface area (Å²) >= 11 is 3.36. The van der Waals surface area contributed by atoms with Crippen molar-refractivity contribution in [2.75, 3.05) is 0 Å². The molecule has 0 aliphatic carbocycles. The molecule has 0 bridgehead atoms. The highest BCUT2D eigenvalue weighted by atomic mass is 79.9. The normalized spacial score (nSPS) is 10.7. The van der Waals surface area contributed by atoms with Crippen molar-refractivity contribution in [1.82, 2.24) is 25.2 Å². The highest BCUT2D eigenvalue weighted by Gasteiger charge is 2.10. The van der Waals surface area contributed by atoms with Gasteiger partial charge in [-0.3, -0.25) is 4.79 Å². The quantitative estimate of drug-likeness (QED) is 0.678. The molecule has 100 valence electrons. The van der Waals surface area contributed by atoms with Crippen LogP contribution in [0.5, 0.6) is 0 Å². The highest BCUT2D eigenvalue weighted by Crippen LogP contribution is 2.20. The molecule has 0 atom stereocenters. The molecule has 0 N–H and O–H groups in total. The molecule has 3 rings (SSSR count). The van der Waals surface area contributed by atoms with Gasteiger partial charge in [0.1, 0.15) is 12.2 Å². The number of carbonyl (C=O) groups excluding carboxylic acids is 1. The van der Waals surface area contributed by atoms with Crippen molar-refractivity contribution in [2.45, 2.75) is 6.54 Å².